The number of halogens is 5. The van der Waals surface area contributed by atoms with E-state index in [0.717, 1.165) is 12.1 Å². The standard InChI is InChI=1S/C11H8Cl2F3NO/c1-2-10(18,11(14,15)16)7-4-3-6(5-17)8(12)9(7)13/h3-4,18H,2H2,1H3. The normalized spacial score (nSPS) is 15.0. The fraction of sp³-hybridized carbons (Fsp3) is 0.364. The number of hydrogen-bond donors (Lipinski definition) is 1. The lowest BCUT2D eigenvalue weighted by Gasteiger charge is -2.30. The van der Waals surface area contributed by atoms with Crippen LogP contribution in [0.2, 0.25) is 10.0 Å². The monoisotopic (exact) mass is 297 g/mol. The van der Waals surface area contributed by atoms with Crippen LogP contribution < -0.4 is 0 Å². The second-order valence-electron chi connectivity index (χ2n) is 3.61. The van der Waals surface area contributed by atoms with Crippen LogP contribution in [0.1, 0.15) is 24.5 Å². The maximum absolute atomic E-state index is 12.9. The Kier molecular flexibility index (Phi) is 4.16. The van der Waals surface area contributed by atoms with Crippen LogP contribution >= 0.6 is 23.2 Å². The molecule has 1 atom stereocenters. The van der Waals surface area contributed by atoms with E-state index in [1.165, 1.54) is 6.92 Å². The smallest absolute Gasteiger partial charge is 0.376 e. The van der Waals surface area contributed by atoms with Crippen LogP contribution in [0, 0.1) is 11.3 Å². The van der Waals surface area contributed by atoms with Gasteiger partial charge in [-0.3, -0.25) is 0 Å². The van der Waals surface area contributed by atoms with Gasteiger partial charge in [-0.1, -0.05) is 36.2 Å². The van der Waals surface area contributed by atoms with Gasteiger partial charge in [-0.2, -0.15) is 18.4 Å². The minimum atomic E-state index is -4.89. The first kappa shape index (κ1) is 15.1. The van der Waals surface area contributed by atoms with Crippen molar-refractivity contribution >= 4 is 23.2 Å². The molecular formula is C11H8Cl2F3NO. The highest BCUT2D eigenvalue weighted by Gasteiger charge is 2.54. The Labute approximate surface area is 112 Å². The van der Waals surface area contributed by atoms with Crippen LogP contribution in [0.15, 0.2) is 12.1 Å². The number of hydrogen-bond acceptors (Lipinski definition) is 2. The molecule has 0 saturated carbocycles. The van der Waals surface area contributed by atoms with Gasteiger partial charge in [0, 0.05) is 5.56 Å². The molecule has 0 aliphatic heterocycles. The number of rotatable bonds is 2. The topological polar surface area (TPSA) is 44.0 Å². The van der Waals surface area contributed by atoms with E-state index in [4.69, 9.17) is 28.5 Å². The lowest BCUT2D eigenvalue weighted by molar-refractivity contribution is -0.267. The lowest BCUT2D eigenvalue weighted by atomic mass is 9.89. The van der Waals surface area contributed by atoms with E-state index in [-0.39, 0.29) is 10.6 Å². The fourth-order valence-corrected chi connectivity index (χ4v) is 2.03. The Balaban J connectivity index is 3.52. The van der Waals surface area contributed by atoms with Gasteiger partial charge in [-0.05, 0) is 12.5 Å². The van der Waals surface area contributed by atoms with Crippen molar-refractivity contribution in [3.8, 4) is 6.07 Å². The Bertz CT molecular complexity index is 510. The third-order valence-electron chi connectivity index (χ3n) is 2.63. The van der Waals surface area contributed by atoms with Crippen molar-refractivity contribution in [1.82, 2.24) is 0 Å². The van der Waals surface area contributed by atoms with Crippen molar-refractivity contribution < 1.29 is 18.3 Å². The van der Waals surface area contributed by atoms with Crippen molar-refractivity contribution in [3.05, 3.63) is 33.3 Å². The summed E-state index contributed by atoms with van der Waals surface area (Å²) in [6, 6.07) is 3.75. The van der Waals surface area contributed by atoms with Crippen LogP contribution in [0.25, 0.3) is 0 Å². The quantitative estimate of drug-likeness (QED) is 0.896. The fourth-order valence-electron chi connectivity index (χ4n) is 1.50. The van der Waals surface area contributed by atoms with E-state index < -0.39 is 28.8 Å². The molecule has 0 heterocycles. The predicted octanol–water partition coefficient (Wildman–Crippen LogP) is 4.02. The molecule has 0 saturated heterocycles. The third-order valence-corrected chi connectivity index (χ3v) is 3.51. The van der Waals surface area contributed by atoms with Crippen LogP contribution in [0.5, 0.6) is 0 Å². The summed E-state index contributed by atoms with van der Waals surface area (Å²) in [5.74, 6) is 0. The molecule has 0 spiro atoms. The Morgan fingerprint density at radius 1 is 1.28 bits per heavy atom. The molecule has 1 rings (SSSR count). The Morgan fingerprint density at radius 3 is 2.22 bits per heavy atom. The van der Waals surface area contributed by atoms with Gasteiger partial charge < -0.3 is 5.11 Å². The SMILES string of the molecule is CCC(O)(c1ccc(C#N)c(Cl)c1Cl)C(F)(F)F. The van der Waals surface area contributed by atoms with Crippen molar-refractivity contribution in [2.75, 3.05) is 0 Å². The van der Waals surface area contributed by atoms with Crippen molar-refractivity contribution in [1.29, 1.82) is 5.26 Å². The number of alkyl halides is 3. The molecule has 0 fully saturated rings. The molecule has 98 valence electrons. The maximum atomic E-state index is 12.9. The van der Waals surface area contributed by atoms with Gasteiger partial charge in [0.1, 0.15) is 6.07 Å². The molecule has 0 amide bonds. The van der Waals surface area contributed by atoms with Gasteiger partial charge in [0.05, 0.1) is 15.6 Å². The summed E-state index contributed by atoms with van der Waals surface area (Å²) < 4.78 is 38.6. The average Bonchev–Trinajstić information content (AvgIpc) is 2.30. The molecule has 18 heavy (non-hydrogen) atoms. The van der Waals surface area contributed by atoms with E-state index in [1.54, 1.807) is 6.07 Å². The predicted molar refractivity (Wildman–Crippen MR) is 61.4 cm³/mol. The minimum absolute atomic E-state index is 0.0500. The van der Waals surface area contributed by atoms with Gasteiger partial charge in [0.2, 0.25) is 0 Å². The summed E-state index contributed by atoms with van der Waals surface area (Å²) in [6.07, 6.45) is -5.50. The van der Waals surface area contributed by atoms with Crippen molar-refractivity contribution in [2.45, 2.75) is 25.1 Å². The first-order valence-corrected chi connectivity index (χ1v) is 5.62. The molecule has 1 N–H and O–H groups in total. The first-order chi connectivity index (χ1) is 8.19. The lowest BCUT2D eigenvalue weighted by Crippen LogP contribution is -2.42. The number of nitriles is 1. The van der Waals surface area contributed by atoms with Gasteiger partial charge in [0.25, 0.3) is 0 Å². The highest BCUT2D eigenvalue weighted by molar-refractivity contribution is 6.43. The molecule has 7 heteroatoms. The highest BCUT2D eigenvalue weighted by atomic mass is 35.5. The second-order valence-corrected chi connectivity index (χ2v) is 4.37. The summed E-state index contributed by atoms with van der Waals surface area (Å²) in [5, 5.41) is 17.7. The molecular weight excluding hydrogens is 290 g/mol. The summed E-state index contributed by atoms with van der Waals surface area (Å²) in [4.78, 5) is 0. The van der Waals surface area contributed by atoms with E-state index in [9.17, 15) is 18.3 Å². The molecule has 0 radical (unpaired) electrons. The van der Waals surface area contributed by atoms with Gasteiger partial charge in [-0.25, -0.2) is 0 Å². The summed E-state index contributed by atoms with van der Waals surface area (Å²) in [7, 11) is 0. The summed E-state index contributed by atoms with van der Waals surface area (Å²) in [5.41, 5.74) is -3.68. The van der Waals surface area contributed by atoms with Gasteiger partial charge in [0.15, 0.2) is 5.60 Å². The molecule has 1 unspecified atom stereocenters. The van der Waals surface area contributed by atoms with Crippen molar-refractivity contribution in [2.24, 2.45) is 0 Å². The molecule has 1 aromatic carbocycles. The van der Waals surface area contributed by atoms with Crippen LogP contribution in [0.3, 0.4) is 0 Å². The van der Waals surface area contributed by atoms with E-state index in [0.29, 0.717) is 0 Å². The molecule has 2 nitrogen and oxygen atoms in total. The molecule has 0 aliphatic rings. The minimum Gasteiger partial charge on any atom is -0.376 e. The van der Waals surface area contributed by atoms with Crippen LogP contribution in [-0.2, 0) is 5.60 Å². The number of benzene rings is 1. The van der Waals surface area contributed by atoms with Crippen LogP contribution in [-0.4, -0.2) is 11.3 Å². The van der Waals surface area contributed by atoms with Gasteiger partial charge >= 0.3 is 6.18 Å². The first-order valence-electron chi connectivity index (χ1n) is 4.86. The summed E-state index contributed by atoms with van der Waals surface area (Å²) >= 11 is 11.4. The average molecular weight is 298 g/mol. The largest absolute Gasteiger partial charge is 0.421 e. The maximum Gasteiger partial charge on any atom is 0.421 e. The highest BCUT2D eigenvalue weighted by Crippen LogP contribution is 2.46. The molecule has 1 aromatic rings. The zero-order valence-electron chi connectivity index (χ0n) is 9.15. The van der Waals surface area contributed by atoms with E-state index >= 15 is 0 Å². The second kappa shape index (κ2) is 4.96. The molecule has 0 bridgehead atoms. The zero-order chi connectivity index (χ0) is 14.1. The molecule has 0 aliphatic carbocycles. The zero-order valence-corrected chi connectivity index (χ0v) is 10.7. The van der Waals surface area contributed by atoms with Crippen LogP contribution in [0.4, 0.5) is 13.2 Å². The third kappa shape index (κ3) is 2.28. The number of nitrogens with zero attached hydrogens (tertiary/aromatic N) is 1. The van der Waals surface area contributed by atoms with E-state index in [1.807, 2.05) is 0 Å². The van der Waals surface area contributed by atoms with Gasteiger partial charge in [-0.15, -0.1) is 0 Å². The number of aliphatic hydroxyl groups is 1. The Hall–Kier alpha value is -0.960. The molecule has 0 aromatic heterocycles. The van der Waals surface area contributed by atoms with Crippen molar-refractivity contribution in [3.63, 3.8) is 0 Å². The summed E-state index contributed by atoms with van der Waals surface area (Å²) in [6.45, 7) is 1.18. The Morgan fingerprint density at radius 2 is 1.83 bits per heavy atom. The van der Waals surface area contributed by atoms with E-state index in [2.05, 4.69) is 0 Å².